The van der Waals surface area contributed by atoms with Gasteiger partial charge >= 0.3 is 0 Å². The maximum atomic E-state index is 12.5. The van der Waals surface area contributed by atoms with E-state index < -0.39 is 0 Å². The van der Waals surface area contributed by atoms with Crippen LogP contribution in [0.1, 0.15) is 61.8 Å². The number of rotatable bonds is 4. The molecule has 0 radical (unpaired) electrons. The molecule has 0 fully saturated rings. The molecule has 1 rings (SSSR count). The first kappa shape index (κ1) is 16.2. The Morgan fingerprint density at radius 3 is 1.37 bits per heavy atom. The van der Waals surface area contributed by atoms with Gasteiger partial charge in [-0.15, -0.1) is 0 Å². The largest absolute Gasteiger partial charge is 0.294 e. The van der Waals surface area contributed by atoms with E-state index in [0.717, 1.165) is 5.57 Å². The second-order valence-electron chi connectivity index (χ2n) is 6.99. The topological polar surface area (TPSA) is 17.1 Å². The fraction of sp³-hybridized carbons (Fsp3) is 0.722. The fourth-order valence-corrected chi connectivity index (χ4v) is 3.28. The first-order chi connectivity index (χ1) is 8.68. The van der Waals surface area contributed by atoms with Crippen LogP contribution in [0.25, 0.3) is 0 Å². The van der Waals surface area contributed by atoms with Gasteiger partial charge in [0.25, 0.3) is 0 Å². The van der Waals surface area contributed by atoms with Crippen LogP contribution < -0.4 is 0 Å². The zero-order valence-electron chi connectivity index (χ0n) is 13.9. The quantitative estimate of drug-likeness (QED) is 0.682. The van der Waals surface area contributed by atoms with E-state index in [1.165, 1.54) is 16.7 Å². The average Bonchev–Trinajstić information content (AvgIpc) is 2.25. The zero-order valence-corrected chi connectivity index (χ0v) is 13.9. The van der Waals surface area contributed by atoms with Crippen molar-refractivity contribution in [2.45, 2.75) is 61.8 Å². The molecule has 0 amide bonds. The molecule has 0 bridgehead atoms. The standard InChI is InChI=1S/C18H30O/c1-10(2)14-9-15(19)17(12(5)6)18(13(7)8)16(14)11(3)4/h10-13H,9H2,1-8H3. The van der Waals surface area contributed by atoms with Crippen LogP contribution in [-0.4, -0.2) is 5.78 Å². The summed E-state index contributed by atoms with van der Waals surface area (Å²) in [6, 6.07) is 0. The lowest BCUT2D eigenvalue weighted by Gasteiger charge is -2.33. The summed E-state index contributed by atoms with van der Waals surface area (Å²) in [5, 5.41) is 0. The van der Waals surface area contributed by atoms with Gasteiger partial charge in [0.05, 0.1) is 0 Å². The van der Waals surface area contributed by atoms with Crippen molar-refractivity contribution in [3.05, 3.63) is 22.3 Å². The molecule has 0 N–H and O–H groups in total. The number of hydrogen-bond donors (Lipinski definition) is 0. The van der Waals surface area contributed by atoms with Crippen molar-refractivity contribution in [3.8, 4) is 0 Å². The van der Waals surface area contributed by atoms with E-state index in [2.05, 4.69) is 55.4 Å². The van der Waals surface area contributed by atoms with Crippen molar-refractivity contribution in [1.82, 2.24) is 0 Å². The van der Waals surface area contributed by atoms with Crippen molar-refractivity contribution in [2.75, 3.05) is 0 Å². The van der Waals surface area contributed by atoms with Crippen molar-refractivity contribution >= 4 is 5.78 Å². The Balaban J connectivity index is 3.60. The molecule has 1 aliphatic rings. The lowest BCUT2D eigenvalue weighted by Crippen LogP contribution is -2.25. The van der Waals surface area contributed by atoms with Gasteiger partial charge in [-0.05, 0) is 34.8 Å². The molecule has 0 unspecified atom stereocenters. The highest BCUT2D eigenvalue weighted by atomic mass is 16.1. The molecule has 1 heteroatoms. The predicted molar refractivity (Wildman–Crippen MR) is 83.0 cm³/mol. The van der Waals surface area contributed by atoms with Gasteiger partial charge in [-0.2, -0.15) is 0 Å². The number of carbonyl (C=O) groups excluding carboxylic acids is 1. The lowest BCUT2D eigenvalue weighted by atomic mass is 9.71. The van der Waals surface area contributed by atoms with Crippen LogP contribution in [-0.2, 0) is 4.79 Å². The van der Waals surface area contributed by atoms with E-state index in [1.54, 1.807) is 0 Å². The molecule has 108 valence electrons. The normalized spacial score (nSPS) is 17.8. The Morgan fingerprint density at radius 1 is 0.632 bits per heavy atom. The summed E-state index contributed by atoms with van der Waals surface area (Å²) >= 11 is 0. The van der Waals surface area contributed by atoms with Crippen LogP contribution in [0.4, 0.5) is 0 Å². The maximum absolute atomic E-state index is 12.5. The van der Waals surface area contributed by atoms with Crippen molar-refractivity contribution in [3.63, 3.8) is 0 Å². The van der Waals surface area contributed by atoms with Gasteiger partial charge in [0.1, 0.15) is 0 Å². The Bertz CT molecular complexity index is 417. The molecule has 0 aromatic heterocycles. The Hall–Kier alpha value is -0.850. The second kappa shape index (κ2) is 6.07. The molecule has 1 aliphatic carbocycles. The van der Waals surface area contributed by atoms with Gasteiger partial charge < -0.3 is 0 Å². The van der Waals surface area contributed by atoms with Gasteiger partial charge in [0.2, 0.25) is 0 Å². The molecule has 0 saturated carbocycles. The molecule has 0 atom stereocenters. The second-order valence-corrected chi connectivity index (χ2v) is 6.99. The lowest BCUT2D eigenvalue weighted by molar-refractivity contribution is -0.115. The van der Waals surface area contributed by atoms with Crippen LogP contribution in [0, 0.1) is 23.7 Å². The minimum absolute atomic E-state index is 0.326. The number of Topliss-reactive ketones (excluding diaryl/α,β-unsaturated/α-hetero) is 1. The Morgan fingerprint density at radius 2 is 1.05 bits per heavy atom. The van der Waals surface area contributed by atoms with E-state index in [0.29, 0.717) is 35.9 Å². The summed E-state index contributed by atoms with van der Waals surface area (Å²) < 4.78 is 0. The monoisotopic (exact) mass is 262 g/mol. The maximum Gasteiger partial charge on any atom is 0.163 e. The third-order valence-electron chi connectivity index (χ3n) is 4.01. The summed E-state index contributed by atoms with van der Waals surface area (Å²) in [5.74, 6) is 2.06. The Kier molecular flexibility index (Phi) is 5.18. The van der Waals surface area contributed by atoms with Gasteiger partial charge in [-0.25, -0.2) is 0 Å². The van der Waals surface area contributed by atoms with E-state index in [1.807, 2.05) is 0 Å². The third kappa shape index (κ3) is 3.19. The Labute approximate surface area is 119 Å². The smallest absolute Gasteiger partial charge is 0.163 e. The van der Waals surface area contributed by atoms with Crippen molar-refractivity contribution < 1.29 is 4.79 Å². The highest BCUT2D eigenvalue weighted by Gasteiger charge is 2.32. The van der Waals surface area contributed by atoms with Crippen LogP contribution >= 0.6 is 0 Å². The minimum atomic E-state index is 0.326. The van der Waals surface area contributed by atoms with Gasteiger partial charge in [0, 0.05) is 12.0 Å². The van der Waals surface area contributed by atoms with E-state index in [9.17, 15) is 4.79 Å². The first-order valence-corrected chi connectivity index (χ1v) is 7.68. The molecule has 1 nitrogen and oxygen atoms in total. The van der Waals surface area contributed by atoms with Crippen molar-refractivity contribution in [1.29, 1.82) is 0 Å². The van der Waals surface area contributed by atoms with Crippen LogP contribution in [0.5, 0.6) is 0 Å². The minimum Gasteiger partial charge on any atom is -0.294 e. The van der Waals surface area contributed by atoms with Gasteiger partial charge in [-0.3, -0.25) is 4.79 Å². The number of hydrogen-bond acceptors (Lipinski definition) is 1. The summed E-state index contributed by atoms with van der Waals surface area (Å²) in [6.45, 7) is 17.7. The van der Waals surface area contributed by atoms with E-state index >= 15 is 0 Å². The highest BCUT2D eigenvalue weighted by molar-refractivity contribution is 6.00. The summed E-state index contributed by atoms with van der Waals surface area (Å²) in [5.41, 5.74) is 5.26. The molecular weight excluding hydrogens is 232 g/mol. The number of allylic oxidation sites excluding steroid dienone is 4. The molecule has 0 saturated heterocycles. The summed E-state index contributed by atoms with van der Waals surface area (Å²) in [6.07, 6.45) is 0.634. The van der Waals surface area contributed by atoms with Crippen LogP contribution in [0.2, 0.25) is 0 Å². The molecule has 0 aliphatic heterocycles. The summed E-state index contributed by atoms with van der Waals surface area (Å²) in [4.78, 5) is 12.5. The molecule has 0 spiro atoms. The first-order valence-electron chi connectivity index (χ1n) is 7.68. The van der Waals surface area contributed by atoms with Gasteiger partial charge in [0.15, 0.2) is 5.78 Å². The highest BCUT2D eigenvalue weighted by Crippen LogP contribution is 2.41. The molecule has 0 heterocycles. The molecule has 0 aromatic carbocycles. The van der Waals surface area contributed by atoms with Crippen LogP contribution in [0.15, 0.2) is 22.3 Å². The van der Waals surface area contributed by atoms with E-state index in [-0.39, 0.29) is 0 Å². The molecular formula is C18H30O. The fourth-order valence-electron chi connectivity index (χ4n) is 3.28. The van der Waals surface area contributed by atoms with E-state index in [4.69, 9.17) is 0 Å². The number of carbonyl (C=O) groups is 1. The van der Waals surface area contributed by atoms with Crippen molar-refractivity contribution in [2.24, 2.45) is 23.7 Å². The number of ketones is 1. The molecule has 0 aromatic rings. The average molecular weight is 262 g/mol. The third-order valence-corrected chi connectivity index (χ3v) is 4.01. The summed E-state index contributed by atoms with van der Waals surface area (Å²) in [7, 11) is 0. The zero-order chi connectivity index (χ0) is 14.9. The van der Waals surface area contributed by atoms with Gasteiger partial charge in [-0.1, -0.05) is 61.0 Å². The van der Waals surface area contributed by atoms with Crippen LogP contribution in [0.3, 0.4) is 0 Å². The SMILES string of the molecule is CC(C)C1=C(C(C)C)C(C(C)C)=C(C(C)C)C(=O)C1. The predicted octanol–water partition coefficient (Wildman–Crippen LogP) is 5.18. The molecule has 19 heavy (non-hydrogen) atoms.